The predicted octanol–water partition coefficient (Wildman–Crippen LogP) is 4.13. The van der Waals surface area contributed by atoms with E-state index < -0.39 is 44.9 Å². The maximum Gasteiger partial charge on any atom is 0.269 e. The molecule has 1 atom stereocenters. The Morgan fingerprint density at radius 1 is 1.53 bits per heavy atom. The monoisotopic (exact) mass is 243 g/mol. The van der Waals surface area contributed by atoms with Crippen LogP contribution in [0.25, 0.3) is 4.85 Å². The summed E-state index contributed by atoms with van der Waals surface area (Å²) in [5.41, 5.74) is -2.94. The highest BCUT2D eigenvalue weighted by atomic mass is 16.3. The average molecular weight is 243 g/mol. The lowest BCUT2D eigenvalue weighted by Gasteiger charge is -2.19. The second-order valence-corrected chi connectivity index (χ2v) is 3.49. The molecule has 0 fully saturated rings. The van der Waals surface area contributed by atoms with Gasteiger partial charge in [-0.25, -0.2) is 0 Å². The fourth-order valence-corrected chi connectivity index (χ4v) is 1.19. The molecular formula is C14H22N2O. The van der Waals surface area contributed by atoms with E-state index in [4.69, 9.17) is 18.9 Å². The van der Waals surface area contributed by atoms with E-state index in [1.54, 1.807) is 0 Å². The molecule has 3 heteroatoms. The lowest BCUT2D eigenvalue weighted by atomic mass is 9.89. The van der Waals surface area contributed by atoms with Gasteiger partial charge < -0.3 is 9.95 Å². The number of aliphatic hydroxyl groups is 1. The molecule has 17 heavy (non-hydrogen) atoms. The van der Waals surface area contributed by atoms with Crippen molar-refractivity contribution >= 4 is 5.82 Å². The number of nitrogens with zero attached hydrogens (tertiary/aromatic N) is 2. The quantitative estimate of drug-likeness (QED) is 0.811. The highest BCUT2D eigenvalue weighted by Crippen LogP contribution is 2.27. The van der Waals surface area contributed by atoms with E-state index in [-0.39, 0.29) is 18.9 Å². The topological polar surface area (TPSA) is 37.5 Å². The molecule has 0 aromatic carbocycles. The molecule has 0 aliphatic carbocycles. The standard InChI is InChI=1S/C13H18N2O.CH4/c1-13(2,3)9-8-11(16)10-6-5-7-12(14-4)15-10;/h5-7,11,16H,8-9H2,1-3H3;1H4/i1D3,2D3,3D3;. The van der Waals surface area contributed by atoms with Crippen LogP contribution < -0.4 is 0 Å². The summed E-state index contributed by atoms with van der Waals surface area (Å²) in [6.45, 7) is -3.00. The minimum absolute atomic E-state index is 0. The largest absolute Gasteiger partial charge is 0.385 e. The first-order chi connectivity index (χ1) is 11.2. The Hall–Kier alpha value is -1.40. The number of hydrogen-bond acceptors (Lipinski definition) is 2. The first-order valence-corrected chi connectivity index (χ1v) is 4.70. The van der Waals surface area contributed by atoms with Gasteiger partial charge in [-0.05, 0) is 30.4 Å². The molecule has 1 unspecified atom stereocenters. The second-order valence-electron chi connectivity index (χ2n) is 3.49. The van der Waals surface area contributed by atoms with E-state index >= 15 is 0 Å². The highest BCUT2D eigenvalue weighted by molar-refractivity contribution is 5.36. The van der Waals surface area contributed by atoms with Gasteiger partial charge in [-0.3, -0.25) is 0 Å². The molecule has 0 aliphatic rings. The summed E-state index contributed by atoms with van der Waals surface area (Å²) in [4.78, 5) is 6.95. The van der Waals surface area contributed by atoms with Crippen molar-refractivity contribution in [2.45, 2.75) is 46.9 Å². The second kappa shape index (κ2) is 6.36. The third-order valence-corrected chi connectivity index (χ3v) is 2.00. The van der Waals surface area contributed by atoms with Crippen molar-refractivity contribution in [1.82, 2.24) is 4.98 Å². The van der Waals surface area contributed by atoms with Crippen molar-refractivity contribution in [2.75, 3.05) is 0 Å². The molecule has 0 bridgehead atoms. The molecule has 1 rings (SSSR count). The normalized spacial score (nSPS) is 22.5. The minimum Gasteiger partial charge on any atom is -0.385 e. The van der Waals surface area contributed by atoms with Gasteiger partial charge in [0.25, 0.3) is 5.82 Å². The summed E-state index contributed by atoms with van der Waals surface area (Å²) in [6.07, 6.45) is -2.63. The third kappa shape index (κ3) is 5.46. The first kappa shape index (κ1) is 5.97. The molecule has 0 saturated carbocycles. The maximum atomic E-state index is 10.2. The Bertz CT molecular complexity index is 607. The third-order valence-electron chi connectivity index (χ3n) is 2.00. The van der Waals surface area contributed by atoms with Gasteiger partial charge in [0.1, 0.15) is 6.10 Å². The Morgan fingerprint density at radius 2 is 2.24 bits per heavy atom. The lowest BCUT2D eigenvalue weighted by molar-refractivity contribution is 0.143. The van der Waals surface area contributed by atoms with Gasteiger partial charge in [0.05, 0.1) is 0 Å². The first-order valence-electron chi connectivity index (χ1n) is 9.20. The number of pyridine rings is 1. The zero-order valence-corrected chi connectivity index (χ0v) is 8.57. The molecule has 0 radical (unpaired) electrons. The SMILES string of the molecule is C.[2H]C([2H])([2H])C(CCC(O)c1cccc([N+]#[C-])n1)(C([2H])([2H])[2H])C([2H])([2H])[2H]. The van der Waals surface area contributed by atoms with Gasteiger partial charge in [-0.1, -0.05) is 40.6 Å². The fourth-order valence-electron chi connectivity index (χ4n) is 1.19. The van der Waals surface area contributed by atoms with Crippen LogP contribution in [0.1, 0.15) is 65.0 Å². The van der Waals surface area contributed by atoms with Crippen molar-refractivity contribution in [1.29, 1.82) is 0 Å². The van der Waals surface area contributed by atoms with Gasteiger partial charge in [-0.15, -0.1) is 4.98 Å². The Labute approximate surface area is 117 Å². The predicted molar refractivity (Wildman–Crippen MR) is 70.9 cm³/mol. The molecular weight excluding hydrogens is 212 g/mol. The van der Waals surface area contributed by atoms with Crippen molar-refractivity contribution in [3.05, 3.63) is 35.3 Å². The molecule has 1 aromatic heterocycles. The van der Waals surface area contributed by atoms with Crippen LogP contribution in [0, 0.1) is 12.0 Å². The van der Waals surface area contributed by atoms with E-state index in [1.807, 2.05) is 0 Å². The molecule has 94 valence electrons. The average Bonchev–Trinajstić information content (AvgIpc) is 2.43. The van der Waals surface area contributed by atoms with Crippen LogP contribution in [-0.2, 0) is 0 Å². The number of aromatic nitrogens is 1. The number of rotatable bonds is 3. The Balaban J connectivity index is 0.00000625. The van der Waals surface area contributed by atoms with Crippen LogP contribution in [-0.4, -0.2) is 10.1 Å². The van der Waals surface area contributed by atoms with Gasteiger partial charge in [-0.2, -0.15) is 0 Å². The lowest BCUT2D eigenvalue weighted by Crippen LogP contribution is -2.09. The molecule has 0 spiro atoms. The molecule has 0 amide bonds. The van der Waals surface area contributed by atoms with Crippen molar-refractivity contribution in [3.63, 3.8) is 0 Å². The van der Waals surface area contributed by atoms with Crippen LogP contribution in [0.3, 0.4) is 0 Å². The maximum absolute atomic E-state index is 10.2. The summed E-state index contributed by atoms with van der Waals surface area (Å²) in [7, 11) is 0. The molecule has 1 heterocycles. The van der Waals surface area contributed by atoms with E-state index in [9.17, 15) is 5.11 Å². The van der Waals surface area contributed by atoms with Crippen molar-refractivity contribution < 1.29 is 17.4 Å². The van der Waals surface area contributed by atoms with E-state index in [1.165, 1.54) is 18.2 Å². The zero-order chi connectivity index (χ0) is 19.7. The van der Waals surface area contributed by atoms with Gasteiger partial charge >= 0.3 is 0 Å². The van der Waals surface area contributed by atoms with Gasteiger partial charge in [0.2, 0.25) is 0 Å². The minimum atomic E-state index is -3.30. The molecule has 3 nitrogen and oxygen atoms in total. The van der Waals surface area contributed by atoms with Gasteiger partial charge in [0.15, 0.2) is 5.69 Å². The summed E-state index contributed by atoms with van der Waals surface area (Å²) >= 11 is 0. The van der Waals surface area contributed by atoms with Crippen LogP contribution in [0.15, 0.2) is 18.2 Å². The fraction of sp³-hybridized carbons (Fsp3) is 0.571. The molecule has 0 saturated heterocycles. The number of hydrogen-bond donors (Lipinski definition) is 1. The smallest absolute Gasteiger partial charge is 0.269 e. The van der Waals surface area contributed by atoms with E-state index in [0.717, 1.165) is 0 Å². The Kier molecular flexibility index (Phi) is 2.23. The summed E-state index contributed by atoms with van der Waals surface area (Å²) < 4.78 is 67.8. The van der Waals surface area contributed by atoms with Crippen LogP contribution in [0.4, 0.5) is 5.82 Å². The van der Waals surface area contributed by atoms with Crippen LogP contribution in [0.2, 0.25) is 0 Å². The van der Waals surface area contributed by atoms with E-state index in [2.05, 4.69) is 9.83 Å². The molecule has 1 N–H and O–H groups in total. The van der Waals surface area contributed by atoms with Crippen molar-refractivity contribution in [2.24, 2.45) is 5.41 Å². The van der Waals surface area contributed by atoms with Gasteiger partial charge in [0, 0.05) is 12.3 Å². The highest BCUT2D eigenvalue weighted by Gasteiger charge is 2.17. The summed E-state index contributed by atoms with van der Waals surface area (Å²) in [5, 5.41) is 10.2. The van der Waals surface area contributed by atoms with Crippen LogP contribution >= 0.6 is 0 Å². The number of aliphatic hydroxyl groups excluding tert-OH is 1. The zero-order valence-electron chi connectivity index (χ0n) is 17.6. The summed E-state index contributed by atoms with van der Waals surface area (Å²) in [5.74, 6) is 0.00489. The van der Waals surface area contributed by atoms with Crippen molar-refractivity contribution in [3.8, 4) is 0 Å². The molecule has 1 aromatic rings. The van der Waals surface area contributed by atoms with Crippen LogP contribution in [0.5, 0.6) is 0 Å². The Morgan fingerprint density at radius 3 is 2.82 bits per heavy atom. The van der Waals surface area contributed by atoms with E-state index in [0.29, 0.717) is 0 Å². The summed E-state index contributed by atoms with van der Waals surface area (Å²) in [6, 6.07) is 4.26. The molecule has 0 aliphatic heterocycles.